The molecular formula is C13H17F2NO. The number of hydrogen-bond donors (Lipinski definition) is 1. The van der Waals surface area contributed by atoms with Crippen LogP contribution in [-0.2, 0) is 12.8 Å². The molecule has 1 aromatic rings. The second-order valence-corrected chi connectivity index (χ2v) is 4.37. The molecule has 0 heterocycles. The molecule has 1 aliphatic rings. The standard InChI is InChI=1S/C13H17F2NO/c1-17-12-5-3-9-2-4-11(6-10(9)7-12)16-8-13(14)15/h3,5,7,11,13,16H,2,4,6,8H2,1H3. The van der Waals surface area contributed by atoms with E-state index < -0.39 is 6.43 Å². The molecule has 94 valence electrons. The molecule has 0 saturated carbocycles. The van der Waals surface area contributed by atoms with Crippen molar-refractivity contribution in [2.45, 2.75) is 31.7 Å². The summed E-state index contributed by atoms with van der Waals surface area (Å²) in [7, 11) is 1.64. The molecule has 2 rings (SSSR count). The molecule has 0 bridgehead atoms. The summed E-state index contributed by atoms with van der Waals surface area (Å²) in [6, 6.07) is 6.18. The van der Waals surface area contributed by atoms with Crippen molar-refractivity contribution in [3.8, 4) is 5.75 Å². The minimum absolute atomic E-state index is 0.156. The van der Waals surface area contributed by atoms with Crippen molar-refractivity contribution in [1.29, 1.82) is 0 Å². The van der Waals surface area contributed by atoms with Crippen molar-refractivity contribution >= 4 is 0 Å². The van der Waals surface area contributed by atoms with Gasteiger partial charge < -0.3 is 10.1 Å². The van der Waals surface area contributed by atoms with E-state index in [1.165, 1.54) is 11.1 Å². The van der Waals surface area contributed by atoms with Crippen LogP contribution in [0.4, 0.5) is 8.78 Å². The third-order valence-electron chi connectivity index (χ3n) is 3.20. The summed E-state index contributed by atoms with van der Waals surface area (Å²) in [4.78, 5) is 0. The van der Waals surface area contributed by atoms with Gasteiger partial charge in [0.25, 0.3) is 6.43 Å². The Balaban J connectivity index is 2.01. The topological polar surface area (TPSA) is 21.3 Å². The van der Waals surface area contributed by atoms with E-state index >= 15 is 0 Å². The zero-order valence-corrected chi connectivity index (χ0v) is 9.88. The van der Waals surface area contributed by atoms with Crippen LogP contribution in [0.5, 0.6) is 5.75 Å². The number of ether oxygens (including phenoxy) is 1. The molecule has 1 aromatic carbocycles. The van der Waals surface area contributed by atoms with Gasteiger partial charge in [-0.3, -0.25) is 0 Å². The molecule has 0 radical (unpaired) electrons. The quantitative estimate of drug-likeness (QED) is 0.874. The molecule has 0 amide bonds. The van der Waals surface area contributed by atoms with Gasteiger partial charge in [0.15, 0.2) is 0 Å². The summed E-state index contributed by atoms with van der Waals surface area (Å²) in [5, 5.41) is 2.91. The van der Waals surface area contributed by atoms with Gasteiger partial charge in [0, 0.05) is 6.04 Å². The predicted octanol–water partition coefficient (Wildman–Crippen LogP) is 2.41. The molecule has 0 fully saturated rings. The zero-order chi connectivity index (χ0) is 12.3. The molecule has 0 saturated heterocycles. The Bertz CT molecular complexity index is 382. The summed E-state index contributed by atoms with van der Waals surface area (Å²) in [5.41, 5.74) is 2.52. The summed E-state index contributed by atoms with van der Waals surface area (Å²) >= 11 is 0. The van der Waals surface area contributed by atoms with Crippen molar-refractivity contribution in [2.24, 2.45) is 0 Å². The highest BCUT2D eigenvalue weighted by Crippen LogP contribution is 2.25. The predicted molar refractivity (Wildman–Crippen MR) is 62.8 cm³/mol. The second-order valence-electron chi connectivity index (χ2n) is 4.37. The fourth-order valence-corrected chi connectivity index (χ4v) is 2.29. The lowest BCUT2D eigenvalue weighted by molar-refractivity contribution is 0.140. The van der Waals surface area contributed by atoms with Crippen LogP contribution in [0.25, 0.3) is 0 Å². The van der Waals surface area contributed by atoms with Crippen molar-refractivity contribution in [1.82, 2.24) is 5.32 Å². The smallest absolute Gasteiger partial charge is 0.250 e. The molecule has 17 heavy (non-hydrogen) atoms. The van der Waals surface area contributed by atoms with E-state index in [1.807, 2.05) is 12.1 Å². The maximum atomic E-state index is 12.1. The van der Waals surface area contributed by atoms with Crippen LogP contribution in [0.1, 0.15) is 17.5 Å². The van der Waals surface area contributed by atoms with Crippen LogP contribution in [-0.4, -0.2) is 26.1 Å². The Kier molecular flexibility index (Phi) is 3.94. The van der Waals surface area contributed by atoms with Gasteiger partial charge in [0.1, 0.15) is 5.75 Å². The van der Waals surface area contributed by atoms with Gasteiger partial charge in [0.05, 0.1) is 13.7 Å². The molecule has 1 atom stereocenters. The Morgan fingerprint density at radius 3 is 2.94 bits per heavy atom. The molecule has 1 unspecified atom stereocenters. The zero-order valence-electron chi connectivity index (χ0n) is 9.88. The third-order valence-corrected chi connectivity index (χ3v) is 3.20. The number of alkyl halides is 2. The largest absolute Gasteiger partial charge is 0.497 e. The highest BCUT2D eigenvalue weighted by molar-refractivity contribution is 5.37. The molecular weight excluding hydrogens is 224 g/mol. The van der Waals surface area contributed by atoms with Gasteiger partial charge >= 0.3 is 0 Å². The lowest BCUT2D eigenvalue weighted by Crippen LogP contribution is -2.37. The van der Waals surface area contributed by atoms with Gasteiger partial charge in [-0.05, 0) is 42.5 Å². The van der Waals surface area contributed by atoms with Crippen LogP contribution in [0.3, 0.4) is 0 Å². The number of rotatable bonds is 4. The maximum Gasteiger partial charge on any atom is 0.250 e. The summed E-state index contributed by atoms with van der Waals surface area (Å²) in [6.45, 7) is -0.218. The van der Waals surface area contributed by atoms with Gasteiger partial charge in [-0.2, -0.15) is 0 Å². The monoisotopic (exact) mass is 241 g/mol. The highest BCUT2D eigenvalue weighted by atomic mass is 19.3. The SMILES string of the molecule is COc1ccc2c(c1)CC(NCC(F)F)CC2. The minimum atomic E-state index is -2.28. The molecule has 1 aliphatic carbocycles. The first kappa shape index (κ1) is 12.3. The Morgan fingerprint density at radius 1 is 1.41 bits per heavy atom. The van der Waals surface area contributed by atoms with Gasteiger partial charge in [-0.1, -0.05) is 6.07 Å². The van der Waals surface area contributed by atoms with Crippen LogP contribution in [0.15, 0.2) is 18.2 Å². The third kappa shape index (κ3) is 3.16. The highest BCUT2D eigenvalue weighted by Gasteiger charge is 2.19. The molecule has 1 N–H and O–H groups in total. The number of nitrogens with one attached hydrogen (secondary N) is 1. The number of halogens is 2. The van der Waals surface area contributed by atoms with Crippen molar-refractivity contribution < 1.29 is 13.5 Å². The summed E-state index contributed by atoms with van der Waals surface area (Å²) < 4.78 is 29.4. The number of methoxy groups -OCH3 is 1. The number of hydrogen-bond acceptors (Lipinski definition) is 2. The Hall–Kier alpha value is -1.16. The fraction of sp³-hybridized carbons (Fsp3) is 0.538. The second kappa shape index (κ2) is 5.45. The molecule has 0 aromatic heterocycles. The Labute approximate surface area is 100.0 Å². The lowest BCUT2D eigenvalue weighted by Gasteiger charge is -2.25. The molecule has 0 aliphatic heterocycles. The maximum absolute atomic E-state index is 12.1. The van der Waals surface area contributed by atoms with E-state index in [4.69, 9.17) is 4.74 Å². The van der Waals surface area contributed by atoms with Crippen LogP contribution >= 0.6 is 0 Å². The first-order valence-corrected chi connectivity index (χ1v) is 5.86. The summed E-state index contributed by atoms with van der Waals surface area (Å²) in [6.07, 6.45) is 0.396. The van der Waals surface area contributed by atoms with Gasteiger partial charge in [0.2, 0.25) is 0 Å². The molecule has 0 spiro atoms. The number of fused-ring (bicyclic) bond motifs is 1. The molecule has 4 heteroatoms. The van der Waals surface area contributed by atoms with Crippen LogP contribution < -0.4 is 10.1 Å². The number of aryl methyl sites for hydroxylation is 1. The van der Waals surface area contributed by atoms with E-state index in [0.29, 0.717) is 0 Å². The van der Waals surface area contributed by atoms with Crippen molar-refractivity contribution in [3.63, 3.8) is 0 Å². The first-order valence-electron chi connectivity index (χ1n) is 5.86. The lowest BCUT2D eigenvalue weighted by atomic mass is 9.88. The number of benzene rings is 1. The van der Waals surface area contributed by atoms with Gasteiger partial charge in [-0.25, -0.2) is 8.78 Å². The average Bonchev–Trinajstić information content (AvgIpc) is 2.35. The Morgan fingerprint density at radius 2 is 2.24 bits per heavy atom. The van der Waals surface area contributed by atoms with E-state index in [2.05, 4.69) is 11.4 Å². The van der Waals surface area contributed by atoms with E-state index in [0.717, 1.165) is 25.0 Å². The van der Waals surface area contributed by atoms with Crippen molar-refractivity contribution in [3.05, 3.63) is 29.3 Å². The van der Waals surface area contributed by atoms with E-state index in [9.17, 15) is 8.78 Å². The van der Waals surface area contributed by atoms with Gasteiger partial charge in [-0.15, -0.1) is 0 Å². The normalized spacial score (nSPS) is 19.2. The summed E-state index contributed by atoms with van der Waals surface area (Å²) in [5.74, 6) is 0.832. The fourth-order valence-electron chi connectivity index (χ4n) is 2.29. The van der Waals surface area contributed by atoms with E-state index in [1.54, 1.807) is 7.11 Å². The van der Waals surface area contributed by atoms with Crippen molar-refractivity contribution in [2.75, 3.05) is 13.7 Å². The van der Waals surface area contributed by atoms with Crippen LogP contribution in [0.2, 0.25) is 0 Å². The van der Waals surface area contributed by atoms with E-state index in [-0.39, 0.29) is 12.6 Å². The molecule has 2 nitrogen and oxygen atoms in total. The minimum Gasteiger partial charge on any atom is -0.497 e. The first-order chi connectivity index (χ1) is 8.19. The average molecular weight is 241 g/mol. The van der Waals surface area contributed by atoms with Crippen LogP contribution in [0, 0.1) is 0 Å².